The molecule has 1 aliphatic heterocycles. The highest BCUT2D eigenvalue weighted by Crippen LogP contribution is 2.10. The molecule has 0 aromatic carbocycles. The van der Waals surface area contributed by atoms with Crippen LogP contribution in [0, 0.1) is 7.05 Å². The van der Waals surface area contributed by atoms with Gasteiger partial charge in [0.05, 0.1) is 13.2 Å². The van der Waals surface area contributed by atoms with Gasteiger partial charge >= 0.3 is 0 Å². The number of nitrogens with two attached hydrogens (primary N) is 1. The highest BCUT2D eigenvalue weighted by molar-refractivity contribution is 7.99. The van der Waals surface area contributed by atoms with Gasteiger partial charge in [-0.1, -0.05) is 0 Å². The van der Waals surface area contributed by atoms with E-state index < -0.39 is 0 Å². The van der Waals surface area contributed by atoms with Crippen LogP contribution in [0.2, 0.25) is 0 Å². The average Bonchev–Trinajstić information content (AvgIpc) is 1.91. The summed E-state index contributed by atoms with van der Waals surface area (Å²) in [5.74, 6) is 2.31. The summed E-state index contributed by atoms with van der Waals surface area (Å²) in [5, 5.41) is 1.93. The zero-order valence-electron chi connectivity index (χ0n) is 5.51. The maximum atomic E-state index is 5.43. The molecule has 0 radical (unpaired) electrons. The van der Waals surface area contributed by atoms with Crippen molar-refractivity contribution < 1.29 is 10.1 Å². The van der Waals surface area contributed by atoms with Crippen LogP contribution in [0.4, 0.5) is 0 Å². The molecule has 1 atom stereocenters. The second-order valence-corrected chi connectivity index (χ2v) is 3.24. The summed E-state index contributed by atoms with van der Waals surface area (Å²) in [6.07, 6.45) is 0.446. The lowest BCUT2D eigenvalue weighted by Gasteiger charge is -2.20. The largest absolute Gasteiger partial charge is 0.477 e. The van der Waals surface area contributed by atoms with E-state index in [9.17, 15) is 0 Å². The number of hydrogen-bond acceptors (Lipinski definition) is 2. The fourth-order valence-electron chi connectivity index (χ4n) is 0.859. The summed E-state index contributed by atoms with van der Waals surface area (Å²) in [7, 11) is 3.67. The van der Waals surface area contributed by atoms with Crippen molar-refractivity contribution in [1.29, 1.82) is 0 Å². The molecule has 2 nitrogen and oxygen atoms in total. The SMILES string of the molecule is [CH2-][NH2+]CC1CSCCO1. The minimum Gasteiger partial charge on any atom is -0.477 e. The highest BCUT2D eigenvalue weighted by Gasteiger charge is 2.12. The number of rotatable bonds is 2. The Balaban J connectivity index is 2.08. The van der Waals surface area contributed by atoms with Crippen LogP contribution in [0.15, 0.2) is 0 Å². The molecule has 0 aliphatic carbocycles. The van der Waals surface area contributed by atoms with Crippen LogP contribution in [0.5, 0.6) is 0 Å². The molecule has 0 aromatic rings. The third kappa shape index (κ3) is 2.56. The topological polar surface area (TPSA) is 25.8 Å². The zero-order chi connectivity index (χ0) is 6.53. The molecule has 1 aliphatic rings. The Labute approximate surface area is 60.3 Å². The average molecular weight is 147 g/mol. The van der Waals surface area contributed by atoms with Crippen LogP contribution >= 0.6 is 11.8 Å². The molecule has 9 heavy (non-hydrogen) atoms. The summed E-state index contributed by atoms with van der Waals surface area (Å²) in [5.41, 5.74) is 0. The fraction of sp³-hybridized carbons (Fsp3) is 0.833. The van der Waals surface area contributed by atoms with E-state index in [1.54, 1.807) is 0 Å². The molecule has 2 N–H and O–H groups in total. The second-order valence-electron chi connectivity index (χ2n) is 2.09. The van der Waals surface area contributed by atoms with Crippen molar-refractivity contribution in [3.63, 3.8) is 0 Å². The molecule has 0 bridgehead atoms. The van der Waals surface area contributed by atoms with Gasteiger partial charge in [-0.25, -0.2) is 0 Å². The predicted molar refractivity (Wildman–Crippen MR) is 39.2 cm³/mol. The van der Waals surface area contributed by atoms with Crippen molar-refractivity contribution in [1.82, 2.24) is 0 Å². The fourth-order valence-corrected chi connectivity index (χ4v) is 1.73. The van der Waals surface area contributed by atoms with Gasteiger partial charge in [0.1, 0.15) is 6.10 Å². The molecule has 0 aromatic heterocycles. The van der Waals surface area contributed by atoms with Crippen LogP contribution in [0.25, 0.3) is 0 Å². The first-order valence-corrected chi connectivity index (χ1v) is 4.39. The first kappa shape index (κ1) is 7.38. The molecule has 0 saturated carbocycles. The molecule has 1 fully saturated rings. The maximum Gasteiger partial charge on any atom is 0.113 e. The van der Waals surface area contributed by atoms with E-state index in [1.807, 2.05) is 17.1 Å². The van der Waals surface area contributed by atoms with Gasteiger partial charge < -0.3 is 10.1 Å². The first-order valence-electron chi connectivity index (χ1n) is 3.23. The molecular formula is C6H13NOS. The van der Waals surface area contributed by atoms with Crippen molar-refractivity contribution in [2.45, 2.75) is 6.10 Å². The van der Waals surface area contributed by atoms with Crippen molar-refractivity contribution in [3.05, 3.63) is 7.05 Å². The lowest BCUT2D eigenvalue weighted by Crippen LogP contribution is -2.80. The lowest BCUT2D eigenvalue weighted by atomic mass is 10.4. The molecular weight excluding hydrogens is 134 g/mol. The molecule has 3 heteroatoms. The standard InChI is InChI=1S/C6H13NOS/c1-7-4-6-5-9-3-2-8-6/h6H,1-5,7H2. The number of ether oxygens (including phenoxy) is 1. The third-order valence-electron chi connectivity index (χ3n) is 1.31. The van der Waals surface area contributed by atoms with Crippen molar-refractivity contribution in [2.24, 2.45) is 0 Å². The van der Waals surface area contributed by atoms with Crippen LogP contribution in [-0.4, -0.2) is 30.8 Å². The summed E-state index contributed by atoms with van der Waals surface area (Å²) in [6.45, 7) is 1.93. The Bertz CT molecular complexity index is 70.7. The highest BCUT2D eigenvalue weighted by atomic mass is 32.2. The number of hydrogen-bond donors (Lipinski definition) is 1. The Morgan fingerprint density at radius 3 is 3.22 bits per heavy atom. The van der Waals surface area contributed by atoms with E-state index in [0.29, 0.717) is 6.10 Å². The van der Waals surface area contributed by atoms with Gasteiger partial charge in [0, 0.05) is 11.5 Å². The van der Waals surface area contributed by atoms with Gasteiger partial charge in [-0.2, -0.15) is 18.8 Å². The third-order valence-corrected chi connectivity index (χ3v) is 2.38. The van der Waals surface area contributed by atoms with Gasteiger partial charge in [-0.3, -0.25) is 0 Å². The summed E-state index contributed by atoms with van der Waals surface area (Å²) < 4.78 is 5.43. The molecule has 0 amide bonds. The molecule has 1 saturated heterocycles. The van der Waals surface area contributed by atoms with Crippen LogP contribution in [0.1, 0.15) is 0 Å². The van der Waals surface area contributed by atoms with E-state index in [4.69, 9.17) is 4.74 Å². The van der Waals surface area contributed by atoms with Crippen LogP contribution in [-0.2, 0) is 4.74 Å². The number of thioether (sulfide) groups is 1. The van der Waals surface area contributed by atoms with Gasteiger partial charge in [-0.05, 0) is 0 Å². The van der Waals surface area contributed by atoms with Gasteiger partial charge in [0.2, 0.25) is 0 Å². The van der Waals surface area contributed by atoms with Crippen LogP contribution < -0.4 is 5.32 Å². The molecule has 0 spiro atoms. The van der Waals surface area contributed by atoms with Gasteiger partial charge in [0.25, 0.3) is 0 Å². The Kier molecular flexibility index (Phi) is 3.40. The van der Waals surface area contributed by atoms with E-state index in [0.717, 1.165) is 24.7 Å². The quantitative estimate of drug-likeness (QED) is 0.532. The minimum atomic E-state index is 0.446. The molecule has 54 valence electrons. The Hall–Kier alpha value is 0.270. The van der Waals surface area contributed by atoms with E-state index >= 15 is 0 Å². The van der Waals surface area contributed by atoms with Gasteiger partial charge in [0.15, 0.2) is 0 Å². The number of quaternary nitrogens is 1. The van der Waals surface area contributed by atoms with Crippen LogP contribution in [0.3, 0.4) is 0 Å². The summed E-state index contributed by atoms with van der Waals surface area (Å²) in [6, 6.07) is 0. The maximum absolute atomic E-state index is 5.43. The molecule has 1 unspecified atom stereocenters. The predicted octanol–water partition coefficient (Wildman–Crippen LogP) is -0.527. The van der Waals surface area contributed by atoms with E-state index in [2.05, 4.69) is 7.05 Å². The normalized spacial score (nSPS) is 28.3. The smallest absolute Gasteiger partial charge is 0.113 e. The van der Waals surface area contributed by atoms with Crippen molar-refractivity contribution in [3.8, 4) is 0 Å². The minimum absolute atomic E-state index is 0.446. The monoisotopic (exact) mass is 147 g/mol. The van der Waals surface area contributed by atoms with Crippen molar-refractivity contribution >= 4 is 11.8 Å². The van der Waals surface area contributed by atoms with E-state index in [1.165, 1.54) is 0 Å². The van der Waals surface area contributed by atoms with Gasteiger partial charge in [-0.15, -0.1) is 0 Å². The first-order chi connectivity index (χ1) is 4.43. The summed E-state index contributed by atoms with van der Waals surface area (Å²) in [4.78, 5) is 0. The van der Waals surface area contributed by atoms with E-state index in [-0.39, 0.29) is 0 Å². The van der Waals surface area contributed by atoms with Crippen molar-refractivity contribution in [2.75, 3.05) is 24.7 Å². The molecule has 1 heterocycles. The lowest BCUT2D eigenvalue weighted by molar-refractivity contribution is -0.603. The summed E-state index contributed by atoms with van der Waals surface area (Å²) >= 11 is 1.97. The Morgan fingerprint density at radius 2 is 2.67 bits per heavy atom. The zero-order valence-corrected chi connectivity index (χ0v) is 6.32. The second kappa shape index (κ2) is 4.14. The molecule has 1 rings (SSSR count). The Morgan fingerprint density at radius 1 is 1.78 bits per heavy atom.